The Hall–Kier alpha value is -2.37. The van der Waals surface area contributed by atoms with Crippen molar-refractivity contribution in [1.82, 2.24) is 10.2 Å². The summed E-state index contributed by atoms with van der Waals surface area (Å²) in [7, 11) is 1.50. The maximum absolute atomic E-state index is 12.5. The van der Waals surface area contributed by atoms with Crippen LogP contribution in [0.5, 0.6) is 0 Å². The second kappa shape index (κ2) is 7.68. The average Bonchev–Trinajstić information content (AvgIpc) is 2.87. The molecule has 1 atom stereocenters. The molecule has 1 heterocycles. The normalized spacial score (nSPS) is 18.8. The molecule has 1 unspecified atom stereocenters. The molecule has 3 rings (SSSR count). The Morgan fingerprint density at radius 2 is 1.76 bits per heavy atom. The van der Waals surface area contributed by atoms with Gasteiger partial charge in [0.1, 0.15) is 6.10 Å². The Morgan fingerprint density at radius 3 is 2.32 bits per heavy atom. The first kappa shape index (κ1) is 17.5. The van der Waals surface area contributed by atoms with Crippen molar-refractivity contribution < 1.29 is 19.1 Å². The molecule has 3 amide bonds. The van der Waals surface area contributed by atoms with Gasteiger partial charge < -0.3 is 10.1 Å². The summed E-state index contributed by atoms with van der Waals surface area (Å²) in [5.74, 6) is -0.150. The van der Waals surface area contributed by atoms with E-state index in [1.165, 1.54) is 31.2 Å². The van der Waals surface area contributed by atoms with Gasteiger partial charge in [0.15, 0.2) is 0 Å². The molecular weight excluding hydrogens is 320 g/mol. The molecule has 0 radical (unpaired) electrons. The van der Waals surface area contributed by atoms with Gasteiger partial charge in [-0.1, -0.05) is 44.2 Å². The number of hydrogen-bond acceptors (Lipinski definition) is 4. The van der Waals surface area contributed by atoms with Crippen molar-refractivity contribution in [3.8, 4) is 0 Å². The molecule has 1 aliphatic carbocycles. The lowest BCUT2D eigenvalue weighted by Gasteiger charge is -2.28. The fraction of sp³-hybridized carbons (Fsp3) is 0.526. The van der Waals surface area contributed by atoms with Crippen molar-refractivity contribution in [2.24, 2.45) is 5.92 Å². The summed E-state index contributed by atoms with van der Waals surface area (Å²) < 4.78 is 5.46. The standard InChI is InChI=1S/C19H24N2O4/c1-20-19(24)25-14(11-13-7-3-2-4-8-13)12-21-17(22)15-9-5-6-10-16(15)18(21)23/h5-6,9-10,13-14H,2-4,7-8,11-12H2,1H3,(H,20,24). The monoisotopic (exact) mass is 344 g/mol. The zero-order chi connectivity index (χ0) is 17.8. The van der Waals surface area contributed by atoms with Crippen molar-refractivity contribution >= 4 is 17.9 Å². The number of carbonyl (C=O) groups is 3. The van der Waals surface area contributed by atoms with Gasteiger partial charge >= 0.3 is 6.09 Å². The van der Waals surface area contributed by atoms with Gasteiger partial charge in [-0.25, -0.2) is 4.79 Å². The number of nitrogens with zero attached hydrogens (tertiary/aromatic N) is 1. The number of nitrogens with one attached hydrogen (secondary N) is 1. The first-order valence-corrected chi connectivity index (χ1v) is 8.93. The molecule has 0 saturated heterocycles. The molecule has 1 aromatic carbocycles. The summed E-state index contributed by atoms with van der Waals surface area (Å²) in [5, 5.41) is 2.45. The number of hydrogen-bond donors (Lipinski definition) is 1. The minimum absolute atomic E-state index is 0.107. The number of rotatable bonds is 5. The van der Waals surface area contributed by atoms with Gasteiger partial charge in [-0.05, 0) is 24.5 Å². The fourth-order valence-corrected chi connectivity index (χ4v) is 3.77. The van der Waals surface area contributed by atoms with E-state index in [0.717, 1.165) is 12.8 Å². The molecule has 6 nitrogen and oxygen atoms in total. The van der Waals surface area contributed by atoms with Crippen molar-refractivity contribution in [2.75, 3.05) is 13.6 Å². The van der Waals surface area contributed by atoms with Crippen LogP contribution in [0.25, 0.3) is 0 Å². The molecule has 25 heavy (non-hydrogen) atoms. The number of amides is 3. The smallest absolute Gasteiger partial charge is 0.407 e. The molecule has 1 N–H and O–H groups in total. The third kappa shape index (κ3) is 3.83. The lowest BCUT2D eigenvalue weighted by Crippen LogP contribution is -2.41. The summed E-state index contributed by atoms with van der Waals surface area (Å²) in [6.07, 6.45) is 5.50. The lowest BCUT2D eigenvalue weighted by atomic mass is 9.85. The summed E-state index contributed by atoms with van der Waals surface area (Å²) in [4.78, 5) is 38.0. The van der Waals surface area contributed by atoms with Gasteiger partial charge in [0.2, 0.25) is 0 Å². The predicted octanol–water partition coefficient (Wildman–Crippen LogP) is 2.98. The van der Waals surface area contributed by atoms with Gasteiger partial charge in [0.25, 0.3) is 11.8 Å². The first-order chi connectivity index (χ1) is 12.1. The molecule has 2 aliphatic rings. The molecule has 6 heteroatoms. The van der Waals surface area contributed by atoms with Crippen LogP contribution in [0.2, 0.25) is 0 Å². The van der Waals surface area contributed by atoms with Crippen LogP contribution in [0, 0.1) is 5.92 Å². The maximum Gasteiger partial charge on any atom is 0.407 e. The highest BCUT2D eigenvalue weighted by Gasteiger charge is 2.37. The van der Waals surface area contributed by atoms with E-state index in [0.29, 0.717) is 23.5 Å². The number of ether oxygens (including phenoxy) is 1. The van der Waals surface area contributed by atoms with Crippen LogP contribution in [-0.2, 0) is 4.74 Å². The molecule has 1 aliphatic heterocycles. The zero-order valence-corrected chi connectivity index (χ0v) is 14.5. The molecule has 1 saturated carbocycles. The Morgan fingerprint density at radius 1 is 1.16 bits per heavy atom. The molecule has 0 aromatic heterocycles. The van der Waals surface area contributed by atoms with E-state index >= 15 is 0 Å². The third-order valence-electron chi connectivity index (χ3n) is 5.06. The quantitative estimate of drug-likeness (QED) is 0.833. The molecule has 0 bridgehead atoms. The highest BCUT2D eigenvalue weighted by molar-refractivity contribution is 6.21. The Bertz CT molecular complexity index is 632. The van der Waals surface area contributed by atoms with E-state index in [4.69, 9.17) is 4.74 Å². The molecule has 1 fully saturated rings. The highest BCUT2D eigenvalue weighted by Crippen LogP contribution is 2.29. The Kier molecular flexibility index (Phi) is 5.36. The number of benzene rings is 1. The van der Waals surface area contributed by atoms with Crippen molar-refractivity contribution in [2.45, 2.75) is 44.6 Å². The van der Waals surface area contributed by atoms with Gasteiger partial charge in [-0.15, -0.1) is 0 Å². The van der Waals surface area contributed by atoms with Crippen LogP contribution in [-0.4, -0.2) is 42.5 Å². The largest absolute Gasteiger partial charge is 0.444 e. The van der Waals surface area contributed by atoms with E-state index < -0.39 is 12.2 Å². The van der Waals surface area contributed by atoms with Crippen LogP contribution in [0.3, 0.4) is 0 Å². The molecule has 0 spiro atoms. The summed E-state index contributed by atoms with van der Waals surface area (Å²) >= 11 is 0. The molecule has 134 valence electrons. The van der Waals surface area contributed by atoms with Gasteiger partial charge in [0, 0.05) is 7.05 Å². The topological polar surface area (TPSA) is 75.7 Å². The molecular formula is C19H24N2O4. The number of fused-ring (bicyclic) bond motifs is 1. The van der Waals surface area contributed by atoms with Crippen LogP contribution in [0.15, 0.2) is 24.3 Å². The SMILES string of the molecule is CNC(=O)OC(CC1CCCCC1)CN1C(=O)c2ccccc2C1=O. The number of carbonyl (C=O) groups excluding carboxylic acids is 3. The van der Waals surface area contributed by atoms with E-state index in [9.17, 15) is 14.4 Å². The minimum atomic E-state index is -0.530. The van der Waals surface area contributed by atoms with E-state index in [-0.39, 0.29) is 18.4 Å². The van der Waals surface area contributed by atoms with Gasteiger partial charge in [-0.3, -0.25) is 14.5 Å². The minimum Gasteiger partial charge on any atom is -0.444 e. The second-order valence-electron chi connectivity index (χ2n) is 6.78. The van der Waals surface area contributed by atoms with Gasteiger partial charge in [0.05, 0.1) is 17.7 Å². The lowest BCUT2D eigenvalue weighted by molar-refractivity contribution is 0.0399. The number of alkyl carbamates (subject to hydrolysis) is 1. The molecule has 1 aromatic rings. The Labute approximate surface area is 147 Å². The van der Waals surface area contributed by atoms with E-state index in [2.05, 4.69) is 5.32 Å². The fourth-order valence-electron chi connectivity index (χ4n) is 3.77. The van der Waals surface area contributed by atoms with E-state index in [1.54, 1.807) is 24.3 Å². The van der Waals surface area contributed by atoms with Crippen molar-refractivity contribution in [3.63, 3.8) is 0 Å². The summed E-state index contributed by atoms with van der Waals surface area (Å²) in [6, 6.07) is 6.80. The first-order valence-electron chi connectivity index (χ1n) is 8.93. The van der Waals surface area contributed by atoms with Crippen molar-refractivity contribution in [1.29, 1.82) is 0 Å². The van der Waals surface area contributed by atoms with Gasteiger partial charge in [-0.2, -0.15) is 0 Å². The average molecular weight is 344 g/mol. The van der Waals surface area contributed by atoms with E-state index in [1.807, 2.05) is 0 Å². The van der Waals surface area contributed by atoms with Crippen LogP contribution < -0.4 is 5.32 Å². The highest BCUT2D eigenvalue weighted by atomic mass is 16.6. The van der Waals surface area contributed by atoms with Crippen LogP contribution in [0.4, 0.5) is 4.79 Å². The van der Waals surface area contributed by atoms with Crippen LogP contribution in [0.1, 0.15) is 59.2 Å². The second-order valence-corrected chi connectivity index (χ2v) is 6.78. The summed E-state index contributed by atoms with van der Waals surface area (Å²) in [5.41, 5.74) is 0.840. The third-order valence-corrected chi connectivity index (χ3v) is 5.06. The Balaban J connectivity index is 1.72. The van der Waals surface area contributed by atoms with Crippen LogP contribution >= 0.6 is 0 Å². The zero-order valence-electron chi connectivity index (χ0n) is 14.5. The predicted molar refractivity (Wildman–Crippen MR) is 92.3 cm³/mol. The summed E-state index contributed by atoms with van der Waals surface area (Å²) in [6.45, 7) is 0.107. The van der Waals surface area contributed by atoms with Crippen molar-refractivity contribution in [3.05, 3.63) is 35.4 Å². The number of imide groups is 1. The maximum atomic E-state index is 12.5.